The summed E-state index contributed by atoms with van der Waals surface area (Å²) in [6.07, 6.45) is 2.39. The maximum absolute atomic E-state index is 12.1. The van der Waals surface area contributed by atoms with Gasteiger partial charge in [-0.05, 0) is 38.2 Å². The molecule has 1 aliphatic rings. The Hall–Kier alpha value is -2.63. The first-order valence-electron chi connectivity index (χ1n) is 9.55. The molecule has 6 heteroatoms. The van der Waals surface area contributed by atoms with E-state index in [1.54, 1.807) is 6.07 Å². The molecule has 0 aliphatic carbocycles. The molecular formula is C21H28N4O2. The van der Waals surface area contributed by atoms with E-state index in [9.17, 15) is 4.79 Å². The molecule has 1 saturated heterocycles. The summed E-state index contributed by atoms with van der Waals surface area (Å²) < 4.78 is 5.62. The summed E-state index contributed by atoms with van der Waals surface area (Å²) in [5.74, 6) is 1.61. The van der Waals surface area contributed by atoms with Gasteiger partial charge in [0.2, 0.25) is 11.8 Å². The van der Waals surface area contributed by atoms with Crippen molar-refractivity contribution in [2.24, 2.45) is 5.92 Å². The number of nitrogens with zero attached hydrogens (tertiary/aromatic N) is 3. The van der Waals surface area contributed by atoms with Gasteiger partial charge in [0.25, 0.3) is 5.91 Å². The van der Waals surface area contributed by atoms with Crippen LogP contribution in [0.3, 0.4) is 0 Å². The zero-order valence-electron chi connectivity index (χ0n) is 16.4. The van der Waals surface area contributed by atoms with Gasteiger partial charge in [-0.15, -0.1) is 0 Å². The SMILES string of the molecule is Cc1ccc(CNC(=O)COc2cc(C)nc(N3CCCC(C)C3)n2)cc1. The lowest BCUT2D eigenvalue weighted by Crippen LogP contribution is -2.35. The van der Waals surface area contributed by atoms with E-state index in [2.05, 4.69) is 27.1 Å². The number of aromatic nitrogens is 2. The molecule has 1 atom stereocenters. The highest BCUT2D eigenvalue weighted by Gasteiger charge is 2.19. The smallest absolute Gasteiger partial charge is 0.258 e. The van der Waals surface area contributed by atoms with Gasteiger partial charge in [0.05, 0.1) is 0 Å². The van der Waals surface area contributed by atoms with Crippen LogP contribution in [0.4, 0.5) is 5.95 Å². The molecule has 2 aromatic rings. The maximum Gasteiger partial charge on any atom is 0.258 e. The van der Waals surface area contributed by atoms with Crippen molar-refractivity contribution in [3.8, 4) is 5.88 Å². The second-order valence-corrected chi connectivity index (χ2v) is 7.39. The van der Waals surface area contributed by atoms with Gasteiger partial charge in [0, 0.05) is 31.4 Å². The molecule has 6 nitrogen and oxygen atoms in total. The number of nitrogens with one attached hydrogen (secondary N) is 1. The molecular weight excluding hydrogens is 340 g/mol. The van der Waals surface area contributed by atoms with Crippen LogP contribution in [0, 0.1) is 19.8 Å². The van der Waals surface area contributed by atoms with Crippen molar-refractivity contribution in [1.29, 1.82) is 0 Å². The third-order valence-electron chi connectivity index (χ3n) is 4.72. The average Bonchev–Trinajstić information content (AvgIpc) is 2.65. The zero-order valence-corrected chi connectivity index (χ0v) is 16.4. The fourth-order valence-corrected chi connectivity index (χ4v) is 3.21. The molecule has 1 aromatic heterocycles. The number of carbonyl (C=O) groups excluding carboxylic acids is 1. The van der Waals surface area contributed by atoms with E-state index >= 15 is 0 Å². The molecule has 1 aromatic carbocycles. The van der Waals surface area contributed by atoms with E-state index in [4.69, 9.17) is 4.74 Å². The van der Waals surface area contributed by atoms with E-state index in [0.29, 0.717) is 24.3 Å². The van der Waals surface area contributed by atoms with E-state index < -0.39 is 0 Å². The fourth-order valence-electron chi connectivity index (χ4n) is 3.21. The van der Waals surface area contributed by atoms with Gasteiger partial charge in [-0.3, -0.25) is 4.79 Å². The molecule has 0 bridgehead atoms. The number of anilines is 1. The molecule has 144 valence electrons. The molecule has 0 saturated carbocycles. The largest absolute Gasteiger partial charge is 0.467 e. The Morgan fingerprint density at radius 1 is 1.26 bits per heavy atom. The Bertz CT molecular complexity index is 776. The van der Waals surface area contributed by atoms with Gasteiger partial charge in [0.1, 0.15) is 0 Å². The van der Waals surface area contributed by atoms with Gasteiger partial charge in [-0.1, -0.05) is 36.8 Å². The monoisotopic (exact) mass is 368 g/mol. The number of piperidine rings is 1. The van der Waals surface area contributed by atoms with Crippen LogP contribution < -0.4 is 15.0 Å². The number of ether oxygens (including phenoxy) is 1. The van der Waals surface area contributed by atoms with E-state index in [0.717, 1.165) is 30.8 Å². The lowest BCUT2D eigenvalue weighted by atomic mass is 10.0. The second-order valence-electron chi connectivity index (χ2n) is 7.39. The molecule has 0 spiro atoms. The minimum absolute atomic E-state index is 0.0574. The van der Waals surface area contributed by atoms with Crippen molar-refractivity contribution in [2.45, 2.75) is 40.2 Å². The molecule has 0 radical (unpaired) electrons. The van der Waals surface area contributed by atoms with Crippen molar-refractivity contribution in [2.75, 3.05) is 24.6 Å². The number of benzene rings is 1. The lowest BCUT2D eigenvalue weighted by molar-refractivity contribution is -0.123. The van der Waals surface area contributed by atoms with Crippen LogP contribution >= 0.6 is 0 Å². The topological polar surface area (TPSA) is 67.3 Å². The van der Waals surface area contributed by atoms with E-state index in [-0.39, 0.29) is 12.5 Å². The summed E-state index contributed by atoms with van der Waals surface area (Å²) in [5, 5.41) is 2.87. The predicted molar refractivity (Wildman–Crippen MR) is 106 cm³/mol. The highest BCUT2D eigenvalue weighted by molar-refractivity contribution is 5.77. The number of carbonyl (C=O) groups is 1. The number of aryl methyl sites for hydroxylation is 2. The first-order chi connectivity index (χ1) is 13.0. The minimum Gasteiger partial charge on any atom is -0.467 e. The van der Waals surface area contributed by atoms with Gasteiger partial charge in [-0.25, -0.2) is 4.98 Å². The average molecular weight is 368 g/mol. The van der Waals surface area contributed by atoms with Crippen molar-refractivity contribution in [1.82, 2.24) is 15.3 Å². The summed E-state index contributed by atoms with van der Waals surface area (Å²) >= 11 is 0. The normalized spacial score (nSPS) is 16.9. The van der Waals surface area contributed by atoms with Gasteiger partial charge in [-0.2, -0.15) is 4.98 Å². The number of amides is 1. The Kier molecular flexibility index (Phi) is 6.27. The Morgan fingerprint density at radius 3 is 2.78 bits per heavy atom. The summed E-state index contributed by atoms with van der Waals surface area (Å²) in [7, 11) is 0. The molecule has 3 rings (SSSR count). The standard InChI is InChI=1S/C21H28N4O2/c1-15-6-8-18(9-7-15)12-22-19(26)14-27-20-11-17(3)23-21(24-20)25-10-4-5-16(2)13-25/h6-9,11,16H,4-5,10,12-14H2,1-3H3,(H,22,26). The predicted octanol–water partition coefficient (Wildman–Crippen LogP) is 3.02. The quantitative estimate of drug-likeness (QED) is 0.849. The summed E-state index contributed by atoms with van der Waals surface area (Å²) in [5.41, 5.74) is 3.10. The maximum atomic E-state index is 12.1. The molecule has 2 heterocycles. The number of hydrogen-bond donors (Lipinski definition) is 1. The Morgan fingerprint density at radius 2 is 2.04 bits per heavy atom. The second kappa shape index (κ2) is 8.84. The van der Waals surface area contributed by atoms with Gasteiger partial charge >= 0.3 is 0 Å². The van der Waals surface area contributed by atoms with Crippen molar-refractivity contribution < 1.29 is 9.53 Å². The highest BCUT2D eigenvalue weighted by atomic mass is 16.5. The van der Waals surface area contributed by atoms with Gasteiger partial charge < -0.3 is 15.0 Å². The van der Waals surface area contributed by atoms with Crippen LogP contribution in [-0.4, -0.2) is 35.6 Å². The molecule has 1 amide bonds. The van der Waals surface area contributed by atoms with Crippen molar-refractivity contribution >= 4 is 11.9 Å². The molecule has 27 heavy (non-hydrogen) atoms. The number of rotatable bonds is 6. The molecule has 1 N–H and O–H groups in total. The summed E-state index contributed by atoms with van der Waals surface area (Å²) in [6.45, 7) is 8.56. The Balaban J connectivity index is 1.54. The first kappa shape index (κ1) is 19.1. The third-order valence-corrected chi connectivity index (χ3v) is 4.72. The fraction of sp³-hybridized carbons (Fsp3) is 0.476. The minimum atomic E-state index is -0.167. The van der Waals surface area contributed by atoms with Crippen molar-refractivity contribution in [3.63, 3.8) is 0 Å². The number of hydrogen-bond acceptors (Lipinski definition) is 5. The molecule has 1 unspecified atom stereocenters. The molecule has 1 aliphatic heterocycles. The first-order valence-corrected chi connectivity index (χ1v) is 9.55. The van der Waals surface area contributed by atoms with Crippen molar-refractivity contribution in [3.05, 3.63) is 47.2 Å². The lowest BCUT2D eigenvalue weighted by Gasteiger charge is -2.31. The molecule has 1 fully saturated rings. The van der Waals surface area contributed by atoms with E-state index in [1.807, 2.05) is 38.1 Å². The summed E-state index contributed by atoms with van der Waals surface area (Å²) in [6, 6.07) is 9.85. The summed E-state index contributed by atoms with van der Waals surface area (Å²) in [4.78, 5) is 23.3. The van der Waals surface area contributed by atoms with Crippen LogP contribution in [0.2, 0.25) is 0 Å². The zero-order chi connectivity index (χ0) is 19.2. The van der Waals surface area contributed by atoms with Crippen LogP contribution in [0.25, 0.3) is 0 Å². The highest BCUT2D eigenvalue weighted by Crippen LogP contribution is 2.22. The van der Waals surface area contributed by atoms with E-state index in [1.165, 1.54) is 12.0 Å². The third kappa shape index (κ3) is 5.67. The van der Waals surface area contributed by atoms with Gasteiger partial charge in [0.15, 0.2) is 6.61 Å². The van der Waals surface area contributed by atoms with Crippen LogP contribution in [0.1, 0.15) is 36.6 Å². The Labute approximate surface area is 161 Å². The van der Waals surface area contributed by atoms with Crippen LogP contribution in [0.5, 0.6) is 5.88 Å². The van der Waals surface area contributed by atoms with Crippen LogP contribution in [0.15, 0.2) is 30.3 Å². The van der Waals surface area contributed by atoms with Crippen LogP contribution in [-0.2, 0) is 11.3 Å².